The van der Waals surface area contributed by atoms with Crippen LogP contribution in [0.3, 0.4) is 0 Å². The van der Waals surface area contributed by atoms with E-state index in [4.69, 9.17) is 0 Å². The van der Waals surface area contributed by atoms with E-state index in [1.807, 2.05) is 42.9 Å². The van der Waals surface area contributed by atoms with Crippen LogP contribution in [0.4, 0.5) is 0 Å². The summed E-state index contributed by atoms with van der Waals surface area (Å²) in [6.07, 6.45) is 4.40. The number of amides is 1. The normalized spacial score (nSPS) is 18.0. The molecule has 1 aliphatic rings. The molecule has 5 heteroatoms. The Kier molecular flexibility index (Phi) is 5.53. The van der Waals surface area contributed by atoms with E-state index < -0.39 is 6.10 Å². The van der Waals surface area contributed by atoms with Gasteiger partial charge in [-0.05, 0) is 30.7 Å². The summed E-state index contributed by atoms with van der Waals surface area (Å²) >= 11 is 0. The first-order chi connectivity index (χ1) is 12.0. The van der Waals surface area contributed by atoms with Gasteiger partial charge in [0.2, 0.25) is 5.91 Å². The van der Waals surface area contributed by atoms with E-state index in [1.165, 1.54) is 11.3 Å². The molecule has 0 fully saturated rings. The second-order valence-electron chi connectivity index (χ2n) is 7.22. The van der Waals surface area contributed by atoms with Crippen LogP contribution in [0.2, 0.25) is 0 Å². The Balaban J connectivity index is 1.69. The predicted molar refractivity (Wildman–Crippen MR) is 97.1 cm³/mol. The summed E-state index contributed by atoms with van der Waals surface area (Å²) in [5.41, 5.74) is 3.55. The van der Waals surface area contributed by atoms with Crippen LogP contribution in [-0.4, -0.2) is 26.9 Å². The van der Waals surface area contributed by atoms with Crippen LogP contribution in [0.25, 0.3) is 0 Å². The lowest BCUT2D eigenvalue weighted by Gasteiger charge is -2.25. The van der Waals surface area contributed by atoms with Crippen molar-refractivity contribution in [1.29, 1.82) is 0 Å². The van der Waals surface area contributed by atoms with Crippen molar-refractivity contribution in [3.63, 3.8) is 0 Å². The van der Waals surface area contributed by atoms with E-state index >= 15 is 0 Å². The Labute approximate surface area is 149 Å². The second-order valence-corrected chi connectivity index (χ2v) is 7.22. The number of rotatable bonds is 6. The van der Waals surface area contributed by atoms with E-state index in [1.54, 1.807) is 0 Å². The fourth-order valence-corrected chi connectivity index (χ4v) is 3.34. The molecule has 25 heavy (non-hydrogen) atoms. The van der Waals surface area contributed by atoms with Gasteiger partial charge in [0, 0.05) is 11.3 Å². The van der Waals surface area contributed by atoms with Gasteiger partial charge in [0.05, 0.1) is 31.3 Å². The summed E-state index contributed by atoms with van der Waals surface area (Å²) in [4.78, 5) is 12.2. The van der Waals surface area contributed by atoms with Crippen LogP contribution in [0.15, 0.2) is 36.5 Å². The number of hydrogen-bond acceptors (Lipinski definition) is 3. The lowest BCUT2D eigenvalue weighted by Crippen LogP contribution is -2.34. The number of aliphatic hydroxyl groups excluding tert-OH is 1. The van der Waals surface area contributed by atoms with Gasteiger partial charge in [-0.25, -0.2) is 0 Å². The molecule has 0 spiro atoms. The number of carbonyl (C=O) groups excluding carboxylic acids is 1. The molecule has 2 N–H and O–H groups in total. The van der Waals surface area contributed by atoms with Crippen LogP contribution in [0.1, 0.15) is 56.0 Å². The number of aliphatic hydroxyl groups is 1. The van der Waals surface area contributed by atoms with Gasteiger partial charge >= 0.3 is 0 Å². The summed E-state index contributed by atoms with van der Waals surface area (Å²) in [5.74, 6) is -0.00357. The van der Waals surface area contributed by atoms with Crippen molar-refractivity contribution in [3.8, 4) is 0 Å². The maximum Gasteiger partial charge on any atom is 0.223 e. The van der Waals surface area contributed by atoms with Gasteiger partial charge in [0.1, 0.15) is 0 Å². The van der Waals surface area contributed by atoms with Gasteiger partial charge < -0.3 is 10.4 Å². The van der Waals surface area contributed by atoms with Gasteiger partial charge in [-0.1, -0.05) is 44.2 Å². The Morgan fingerprint density at radius 2 is 2.12 bits per heavy atom. The van der Waals surface area contributed by atoms with Crippen molar-refractivity contribution in [2.75, 3.05) is 0 Å². The molecule has 2 atom stereocenters. The maximum absolute atomic E-state index is 12.2. The monoisotopic (exact) mass is 341 g/mol. The van der Waals surface area contributed by atoms with Crippen LogP contribution in [0, 0.1) is 5.92 Å². The van der Waals surface area contributed by atoms with Crippen molar-refractivity contribution in [2.45, 2.75) is 58.2 Å². The van der Waals surface area contributed by atoms with Crippen LogP contribution in [0.5, 0.6) is 0 Å². The molecular weight excluding hydrogens is 314 g/mol. The van der Waals surface area contributed by atoms with E-state index in [0.717, 1.165) is 31.4 Å². The molecule has 2 unspecified atom stereocenters. The van der Waals surface area contributed by atoms with Crippen molar-refractivity contribution >= 4 is 5.91 Å². The minimum Gasteiger partial charge on any atom is -0.392 e. The Hall–Kier alpha value is -2.14. The third-order valence-electron chi connectivity index (χ3n) is 4.94. The van der Waals surface area contributed by atoms with Gasteiger partial charge in [0.15, 0.2) is 0 Å². The number of nitrogens with zero attached hydrogens (tertiary/aromatic N) is 2. The highest BCUT2D eigenvalue weighted by atomic mass is 16.3. The average Bonchev–Trinajstić information content (AvgIpc) is 3.00. The first kappa shape index (κ1) is 17.7. The third-order valence-corrected chi connectivity index (χ3v) is 4.94. The molecule has 0 saturated heterocycles. The molecule has 0 bridgehead atoms. The zero-order chi connectivity index (χ0) is 17.8. The van der Waals surface area contributed by atoms with Crippen LogP contribution in [-0.2, 0) is 17.8 Å². The predicted octanol–water partition coefficient (Wildman–Crippen LogP) is 2.83. The molecule has 0 aliphatic heterocycles. The lowest BCUT2D eigenvalue weighted by atomic mass is 9.92. The summed E-state index contributed by atoms with van der Waals surface area (Å²) in [5, 5.41) is 17.6. The zero-order valence-electron chi connectivity index (χ0n) is 15.0. The van der Waals surface area contributed by atoms with Crippen molar-refractivity contribution in [3.05, 3.63) is 53.3 Å². The van der Waals surface area contributed by atoms with E-state index in [0.29, 0.717) is 0 Å². The first-order valence-corrected chi connectivity index (χ1v) is 9.10. The Morgan fingerprint density at radius 3 is 2.84 bits per heavy atom. The Morgan fingerprint density at radius 1 is 1.36 bits per heavy atom. The highest BCUT2D eigenvalue weighted by Gasteiger charge is 2.26. The summed E-state index contributed by atoms with van der Waals surface area (Å²) in [7, 11) is 0. The number of aromatic nitrogens is 2. The van der Waals surface area contributed by atoms with Gasteiger partial charge in [-0.15, -0.1) is 0 Å². The minimum atomic E-state index is -0.594. The van der Waals surface area contributed by atoms with E-state index in [2.05, 4.69) is 22.5 Å². The number of fused-ring (bicyclic) bond motifs is 1. The molecule has 1 amide bonds. The number of nitrogens with one attached hydrogen (secondary N) is 1. The van der Waals surface area contributed by atoms with Crippen molar-refractivity contribution < 1.29 is 9.90 Å². The average molecular weight is 341 g/mol. The third kappa shape index (κ3) is 4.28. The molecule has 3 rings (SSSR count). The summed E-state index contributed by atoms with van der Waals surface area (Å²) in [6.45, 7) is 4.59. The fourth-order valence-electron chi connectivity index (χ4n) is 3.34. The molecule has 1 aliphatic carbocycles. The first-order valence-electron chi connectivity index (χ1n) is 9.10. The topological polar surface area (TPSA) is 67.2 Å². The summed E-state index contributed by atoms with van der Waals surface area (Å²) < 4.78 is 2.05. The smallest absolute Gasteiger partial charge is 0.223 e. The van der Waals surface area contributed by atoms with E-state index in [9.17, 15) is 9.90 Å². The quantitative estimate of drug-likeness (QED) is 0.849. The molecule has 134 valence electrons. The van der Waals surface area contributed by atoms with Crippen LogP contribution >= 0.6 is 0 Å². The largest absolute Gasteiger partial charge is 0.392 e. The SMILES string of the molecule is CC(C)C(O)CC(=O)NC1CCCc2c1cnn2Cc1ccccc1. The summed E-state index contributed by atoms with van der Waals surface area (Å²) in [6, 6.07) is 10.3. The zero-order valence-corrected chi connectivity index (χ0v) is 15.0. The number of benzene rings is 1. The standard InChI is InChI=1S/C20H27N3O2/c1-14(2)19(24)11-20(25)22-17-9-6-10-18-16(17)12-21-23(18)13-15-7-4-3-5-8-15/h3-5,7-8,12,14,17,19,24H,6,9-11,13H2,1-2H3,(H,22,25). The van der Waals surface area contributed by atoms with Gasteiger partial charge in [0.25, 0.3) is 0 Å². The maximum atomic E-state index is 12.2. The molecule has 2 aromatic rings. The molecule has 1 aromatic carbocycles. The fraction of sp³-hybridized carbons (Fsp3) is 0.500. The highest BCUT2D eigenvalue weighted by molar-refractivity contribution is 5.77. The molecule has 0 saturated carbocycles. The molecular formula is C20H27N3O2. The van der Waals surface area contributed by atoms with Gasteiger partial charge in [-0.3, -0.25) is 9.48 Å². The Bertz CT molecular complexity index is 709. The van der Waals surface area contributed by atoms with Crippen molar-refractivity contribution in [1.82, 2.24) is 15.1 Å². The highest BCUT2D eigenvalue weighted by Crippen LogP contribution is 2.30. The lowest BCUT2D eigenvalue weighted by molar-refractivity contribution is -0.124. The molecule has 1 heterocycles. The van der Waals surface area contributed by atoms with E-state index in [-0.39, 0.29) is 24.3 Å². The van der Waals surface area contributed by atoms with Crippen LogP contribution < -0.4 is 5.32 Å². The minimum absolute atomic E-state index is 0.000126. The van der Waals surface area contributed by atoms with Crippen molar-refractivity contribution in [2.24, 2.45) is 5.92 Å². The molecule has 5 nitrogen and oxygen atoms in total. The number of hydrogen-bond donors (Lipinski definition) is 2. The second kappa shape index (κ2) is 7.83. The molecule has 1 aromatic heterocycles. The number of carbonyl (C=O) groups is 1. The molecule has 0 radical (unpaired) electrons. The van der Waals surface area contributed by atoms with Gasteiger partial charge in [-0.2, -0.15) is 5.10 Å².